The van der Waals surface area contributed by atoms with Crippen molar-refractivity contribution in [3.63, 3.8) is 0 Å². The molecule has 1 saturated heterocycles. The molecular formula is C13H23N5O. The Morgan fingerprint density at radius 2 is 2.42 bits per heavy atom. The largest absolute Gasteiger partial charge is 0.395 e. The van der Waals surface area contributed by atoms with Crippen LogP contribution in [0.3, 0.4) is 0 Å². The predicted octanol–water partition coefficient (Wildman–Crippen LogP) is 0.626. The summed E-state index contributed by atoms with van der Waals surface area (Å²) in [5, 5.41) is 9.74. The molecule has 4 N–H and O–H groups in total. The first-order chi connectivity index (χ1) is 9.11. The monoisotopic (exact) mass is 265 g/mol. The lowest BCUT2D eigenvalue weighted by Gasteiger charge is -2.29. The number of piperidine rings is 1. The Balaban J connectivity index is 1.88. The number of H-pyrrole nitrogens is 1. The molecule has 0 saturated carbocycles. The molecule has 1 fully saturated rings. The van der Waals surface area contributed by atoms with Gasteiger partial charge >= 0.3 is 0 Å². The number of nitrogens with one attached hydrogen (secondary N) is 2. The van der Waals surface area contributed by atoms with Crippen LogP contribution in [-0.4, -0.2) is 47.7 Å². The summed E-state index contributed by atoms with van der Waals surface area (Å²) in [6.45, 7) is 4.85. The van der Waals surface area contributed by atoms with E-state index in [0.29, 0.717) is 23.8 Å². The van der Waals surface area contributed by atoms with E-state index in [9.17, 15) is 4.79 Å². The highest BCUT2D eigenvalue weighted by Gasteiger charge is 2.20. The van der Waals surface area contributed by atoms with Crippen LogP contribution in [0, 0.1) is 5.92 Å². The normalized spacial score (nSPS) is 20.4. The maximum absolute atomic E-state index is 12.0. The average molecular weight is 265 g/mol. The lowest BCUT2D eigenvalue weighted by atomic mass is 9.98. The highest BCUT2D eigenvalue weighted by Crippen LogP contribution is 2.16. The summed E-state index contributed by atoms with van der Waals surface area (Å²) >= 11 is 0. The van der Waals surface area contributed by atoms with Crippen LogP contribution >= 0.6 is 0 Å². The van der Waals surface area contributed by atoms with E-state index >= 15 is 0 Å². The maximum Gasteiger partial charge on any atom is 0.273 e. The first-order valence-corrected chi connectivity index (χ1v) is 6.91. The van der Waals surface area contributed by atoms with Crippen molar-refractivity contribution in [1.82, 2.24) is 20.4 Å². The number of amides is 1. The minimum Gasteiger partial charge on any atom is -0.395 e. The molecule has 0 bridgehead atoms. The molecule has 1 unspecified atom stereocenters. The molecule has 2 rings (SSSR count). The molecule has 1 amide bonds. The molecule has 1 aromatic rings. The lowest BCUT2D eigenvalue weighted by Crippen LogP contribution is -2.39. The van der Waals surface area contributed by atoms with E-state index in [2.05, 4.69) is 27.5 Å². The van der Waals surface area contributed by atoms with E-state index in [1.54, 1.807) is 0 Å². The molecule has 0 spiro atoms. The molecule has 0 radical (unpaired) electrons. The van der Waals surface area contributed by atoms with Crippen molar-refractivity contribution >= 4 is 11.6 Å². The van der Waals surface area contributed by atoms with Crippen LogP contribution in [-0.2, 0) is 6.42 Å². The Bertz CT molecular complexity index is 442. The van der Waals surface area contributed by atoms with Gasteiger partial charge in [0.2, 0.25) is 0 Å². The van der Waals surface area contributed by atoms with Gasteiger partial charge in [0.1, 0.15) is 0 Å². The summed E-state index contributed by atoms with van der Waals surface area (Å²) < 4.78 is 0. The smallest absolute Gasteiger partial charge is 0.273 e. The van der Waals surface area contributed by atoms with Gasteiger partial charge in [-0.05, 0) is 38.8 Å². The van der Waals surface area contributed by atoms with Crippen molar-refractivity contribution in [3.05, 3.63) is 11.4 Å². The van der Waals surface area contributed by atoms with Gasteiger partial charge in [-0.25, -0.2) is 0 Å². The molecule has 1 aromatic heterocycles. The number of rotatable bonds is 4. The van der Waals surface area contributed by atoms with Crippen LogP contribution in [0.2, 0.25) is 0 Å². The first kappa shape index (κ1) is 13.9. The molecule has 106 valence electrons. The van der Waals surface area contributed by atoms with Crippen LogP contribution < -0.4 is 11.1 Å². The third-order valence-electron chi connectivity index (χ3n) is 3.72. The first-order valence-electron chi connectivity index (χ1n) is 6.91. The maximum atomic E-state index is 12.0. The zero-order valence-electron chi connectivity index (χ0n) is 11.7. The van der Waals surface area contributed by atoms with Gasteiger partial charge in [0.05, 0.1) is 11.4 Å². The number of aryl methyl sites for hydroxylation is 1. The highest BCUT2D eigenvalue weighted by atomic mass is 16.1. The summed E-state index contributed by atoms with van der Waals surface area (Å²) in [6.07, 6.45) is 3.11. The summed E-state index contributed by atoms with van der Waals surface area (Å²) in [5.41, 5.74) is 7.50. The Morgan fingerprint density at radius 3 is 3.05 bits per heavy atom. The fourth-order valence-electron chi connectivity index (χ4n) is 2.59. The number of hydrogen-bond donors (Lipinski definition) is 3. The molecule has 1 aliphatic heterocycles. The van der Waals surface area contributed by atoms with Crippen LogP contribution in [0.5, 0.6) is 0 Å². The Hall–Kier alpha value is -1.56. The molecule has 1 atom stereocenters. The fraction of sp³-hybridized carbons (Fsp3) is 0.692. The Morgan fingerprint density at radius 1 is 1.63 bits per heavy atom. The summed E-state index contributed by atoms with van der Waals surface area (Å²) in [7, 11) is 2.12. The van der Waals surface area contributed by atoms with Gasteiger partial charge in [-0.15, -0.1) is 0 Å². The van der Waals surface area contributed by atoms with E-state index < -0.39 is 0 Å². The van der Waals surface area contributed by atoms with Crippen molar-refractivity contribution < 1.29 is 4.79 Å². The molecular weight excluding hydrogens is 242 g/mol. The van der Waals surface area contributed by atoms with Crippen LogP contribution in [0.4, 0.5) is 5.69 Å². The highest BCUT2D eigenvalue weighted by molar-refractivity contribution is 5.97. The summed E-state index contributed by atoms with van der Waals surface area (Å²) in [5.74, 6) is 0.343. The minimum absolute atomic E-state index is 0.179. The number of nitrogen functional groups attached to an aromatic ring is 1. The van der Waals surface area contributed by atoms with Crippen molar-refractivity contribution in [2.24, 2.45) is 5.92 Å². The summed E-state index contributed by atoms with van der Waals surface area (Å²) in [4.78, 5) is 14.3. The SMILES string of the molecule is CCc1[nH]nc(C(=O)NCC2CCCN(C)C2)c1N. The standard InChI is InChI=1S/C13H23N5O/c1-3-10-11(14)12(17-16-10)13(19)15-7-9-5-4-6-18(2)8-9/h9H,3-8,14H2,1-2H3,(H,15,19)(H,16,17). The number of hydrogen-bond acceptors (Lipinski definition) is 4. The van der Waals surface area contributed by atoms with E-state index in [4.69, 9.17) is 5.73 Å². The molecule has 6 nitrogen and oxygen atoms in total. The second-order valence-corrected chi connectivity index (χ2v) is 5.30. The third-order valence-corrected chi connectivity index (χ3v) is 3.72. The van der Waals surface area contributed by atoms with Gasteiger partial charge in [-0.3, -0.25) is 9.89 Å². The quantitative estimate of drug-likeness (QED) is 0.745. The van der Waals surface area contributed by atoms with Crippen molar-refractivity contribution in [2.45, 2.75) is 26.2 Å². The van der Waals surface area contributed by atoms with E-state index in [-0.39, 0.29) is 5.91 Å². The van der Waals surface area contributed by atoms with Crippen LogP contribution in [0.15, 0.2) is 0 Å². The Kier molecular flexibility index (Phi) is 4.42. The van der Waals surface area contributed by atoms with E-state index in [0.717, 1.165) is 25.2 Å². The van der Waals surface area contributed by atoms with Gasteiger partial charge in [-0.1, -0.05) is 6.92 Å². The van der Waals surface area contributed by atoms with E-state index in [1.165, 1.54) is 12.8 Å². The average Bonchev–Trinajstić information content (AvgIpc) is 2.77. The van der Waals surface area contributed by atoms with Gasteiger partial charge in [0, 0.05) is 13.1 Å². The van der Waals surface area contributed by atoms with Gasteiger partial charge < -0.3 is 16.0 Å². The number of nitrogens with two attached hydrogens (primary N) is 1. The zero-order valence-corrected chi connectivity index (χ0v) is 11.7. The van der Waals surface area contributed by atoms with Crippen molar-refractivity contribution in [2.75, 3.05) is 32.4 Å². The molecule has 1 aliphatic rings. The van der Waals surface area contributed by atoms with E-state index in [1.807, 2.05) is 6.92 Å². The van der Waals surface area contributed by atoms with Gasteiger partial charge in [-0.2, -0.15) is 5.10 Å². The third kappa shape index (κ3) is 3.26. The molecule has 2 heterocycles. The van der Waals surface area contributed by atoms with Crippen molar-refractivity contribution in [3.8, 4) is 0 Å². The molecule has 0 aliphatic carbocycles. The predicted molar refractivity (Wildman–Crippen MR) is 74.9 cm³/mol. The van der Waals surface area contributed by atoms with Crippen LogP contribution in [0.1, 0.15) is 35.9 Å². The number of nitrogens with zero attached hydrogens (tertiary/aromatic N) is 2. The number of likely N-dealkylation sites (tertiary alicyclic amines) is 1. The van der Waals surface area contributed by atoms with Crippen LogP contribution in [0.25, 0.3) is 0 Å². The number of carbonyl (C=O) groups is 1. The van der Waals surface area contributed by atoms with Gasteiger partial charge in [0.15, 0.2) is 5.69 Å². The Labute approximate surface area is 113 Å². The topological polar surface area (TPSA) is 87.0 Å². The number of carbonyl (C=O) groups excluding carboxylic acids is 1. The second-order valence-electron chi connectivity index (χ2n) is 5.30. The fourth-order valence-corrected chi connectivity index (χ4v) is 2.59. The minimum atomic E-state index is -0.179. The number of anilines is 1. The number of aromatic nitrogens is 2. The molecule has 19 heavy (non-hydrogen) atoms. The molecule has 6 heteroatoms. The zero-order chi connectivity index (χ0) is 13.8. The summed E-state index contributed by atoms with van der Waals surface area (Å²) in [6, 6.07) is 0. The van der Waals surface area contributed by atoms with Gasteiger partial charge in [0.25, 0.3) is 5.91 Å². The molecule has 0 aromatic carbocycles. The van der Waals surface area contributed by atoms with Crippen molar-refractivity contribution in [1.29, 1.82) is 0 Å². The second kappa shape index (κ2) is 6.06. The number of aromatic amines is 1. The lowest BCUT2D eigenvalue weighted by molar-refractivity contribution is 0.0932.